The maximum atomic E-state index is 13.8. The molecular weight excluding hydrogens is 318 g/mol. The summed E-state index contributed by atoms with van der Waals surface area (Å²) in [7, 11) is 0. The molecule has 0 saturated carbocycles. The second kappa shape index (κ2) is 6.84. The zero-order valence-electron chi connectivity index (χ0n) is 13.0. The van der Waals surface area contributed by atoms with Crippen molar-refractivity contribution >= 4 is 10.9 Å². The predicted molar refractivity (Wildman–Crippen MR) is 84.5 cm³/mol. The molecule has 5 nitrogen and oxygen atoms in total. The molecule has 3 aromatic rings. The molecule has 2 aromatic carbocycles. The number of rotatable bonds is 6. The normalized spacial score (nSPS) is 11.0. The van der Waals surface area contributed by atoms with Gasteiger partial charge in [-0.25, -0.2) is 8.78 Å². The van der Waals surface area contributed by atoms with Crippen LogP contribution in [0.25, 0.3) is 10.9 Å². The van der Waals surface area contributed by atoms with E-state index in [1.807, 2.05) is 6.92 Å². The average molecular weight is 334 g/mol. The SMILES string of the molecule is Cc1[nH]nc2cc(Oc3ccc(F)cc3F)cc(OCCCO)c12. The van der Waals surface area contributed by atoms with Crippen LogP contribution in [-0.4, -0.2) is 28.5 Å². The minimum Gasteiger partial charge on any atom is -0.493 e. The molecule has 0 fully saturated rings. The number of aromatic amines is 1. The molecule has 0 amide bonds. The number of aliphatic hydroxyl groups excluding tert-OH is 1. The van der Waals surface area contributed by atoms with Gasteiger partial charge in [0.1, 0.15) is 17.3 Å². The number of aromatic nitrogens is 2. The summed E-state index contributed by atoms with van der Waals surface area (Å²) in [4.78, 5) is 0. The van der Waals surface area contributed by atoms with Crippen LogP contribution in [0.4, 0.5) is 8.78 Å². The quantitative estimate of drug-likeness (QED) is 0.675. The van der Waals surface area contributed by atoms with Gasteiger partial charge >= 0.3 is 0 Å². The molecule has 0 atom stereocenters. The Morgan fingerprint density at radius 3 is 2.75 bits per heavy atom. The highest BCUT2D eigenvalue weighted by Gasteiger charge is 2.14. The number of aliphatic hydroxyl groups is 1. The van der Waals surface area contributed by atoms with E-state index in [9.17, 15) is 8.78 Å². The van der Waals surface area contributed by atoms with Crippen molar-refractivity contribution in [2.45, 2.75) is 13.3 Å². The fourth-order valence-corrected chi connectivity index (χ4v) is 2.35. The summed E-state index contributed by atoms with van der Waals surface area (Å²) < 4.78 is 37.9. The molecule has 0 saturated heterocycles. The number of ether oxygens (including phenoxy) is 2. The van der Waals surface area contributed by atoms with Crippen molar-refractivity contribution in [3.05, 3.63) is 47.7 Å². The van der Waals surface area contributed by atoms with E-state index in [1.54, 1.807) is 12.1 Å². The fourth-order valence-electron chi connectivity index (χ4n) is 2.35. The maximum absolute atomic E-state index is 13.8. The Balaban J connectivity index is 1.95. The topological polar surface area (TPSA) is 67.4 Å². The van der Waals surface area contributed by atoms with Gasteiger partial charge in [-0.1, -0.05) is 0 Å². The number of fused-ring (bicyclic) bond motifs is 1. The monoisotopic (exact) mass is 334 g/mol. The minimum absolute atomic E-state index is 0.0183. The standard InChI is InChI=1S/C17H16F2N2O3/c1-10-17-14(21-20-10)8-12(9-16(17)23-6-2-5-22)24-15-4-3-11(18)7-13(15)19/h3-4,7-9,22H,2,5-6H2,1H3,(H,20,21). The van der Waals surface area contributed by atoms with E-state index in [1.165, 1.54) is 6.07 Å². The summed E-state index contributed by atoms with van der Waals surface area (Å²) >= 11 is 0. The van der Waals surface area contributed by atoms with Crippen LogP contribution in [0.5, 0.6) is 17.2 Å². The van der Waals surface area contributed by atoms with Crippen molar-refractivity contribution < 1.29 is 23.4 Å². The summed E-state index contributed by atoms with van der Waals surface area (Å²) in [6.45, 7) is 2.20. The minimum atomic E-state index is -0.795. The smallest absolute Gasteiger partial charge is 0.168 e. The van der Waals surface area contributed by atoms with Gasteiger partial charge < -0.3 is 14.6 Å². The number of nitrogens with zero attached hydrogens (tertiary/aromatic N) is 1. The van der Waals surface area contributed by atoms with Gasteiger partial charge in [0.05, 0.1) is 17.5 Å². The first-order valence-corrected chi connectivity index (χ1v) is 7.44. The van der Waals surface area contributed by atoms with Crippen molar-refractivity contribution in [1.82, 2.24) is 10.2 Å². The van der Waals surface area contributed by atoms with Crippen LogP contribution in [0.3, 0.4) is 0 Å². The van der Waals surface area contributed by atoms with Crippen molar-refractivity contribution in [1.29, 1.82) is 0 Å². The van der Waals surface area contributed by atoms with Gasteiger partial charge in [0.25, 0.3) is 0 Å². The van der Waals surface area contributed by atoms with E-state index < -0.39 is 11.6 Å². The lowest BCUT2D eigenvalue weighted by molar-refractivity contribution is 0.234. The van der Waals surface area contributed by atoms with Crippen molar-refractivity contribution in [2.75, 3.05) is 13.2 Å². The molecule has 1 aromatic heterocycles. The van der Waals surface area contributed by atoms with E-state index in [2.05, 4.69) is 10.2 Å². The van der Waals surface area contributed by atoms with Crippen LogP contribution in [0.2, 0.25) is 0 Å². The predicted octanol–water partition coefficient (Wildman–Crippen LogP) is 3.70. The molecular formula is C17H16F2N2O3. The summed E-state index contributed by atoms with van der Waals surface area (Å²) in [5.74, 6) is -0.727. The molecule has 1 heterocycles. The number of aryl methyl sites for hydroxylation is 1. The maximum Gasteiger partial charge on any atom is 0.168 e. The van der Waals surface area contributed by atoms with Crippen LogP contribution >= 0.6 is 0 Å². The average Bonchev–Trinajstić information content (AvgIpc) is 2.92. The first-order valence-electron chi connectivity index (χ1n) is 7.44. The highest BCUT2D eigenvalue weighted by molar-refractivity contribution is 5.89. The second-order valence-electron chi connectivity index (χ2n) is 5.27. The molecule has 0 aliphatic rings. The lowest BCUT2D eigenvalue weighted by atomic mass is 10.2. The number of halogens is 2. The van der Waals surface area contributed by atoms with Gasteiger partial charge in [0, 0.05) is 36.9 Å². The van der Waals surface area contributed by atoms with Crippen LogP contribution in [0.15, 0.2) is 30.3 Å². The Morgan fingerprint density at radius 2 is 2.00 bits per heavy atom. The third kappa shape index (κ3) is 3.30. The highest BCUT2D eigenvalue weighted by atomic mass is 19.1. The molecule has 0 aliphatic heterocycles. The molecule has 0 aliphatic carbocycles. The number of hydrogen-bond donors (Lipinski definition) is 2. The molecule has 0 spiro atoms. The lowest BCUT2D eigenvalue weighted by Crippen LogP contribution is -2.00. The Morgan fingerprint density at radius 1 is 1.17 bits per heavy atom. The third-order valence-electron chi connectivity index (χ3n) is 3.46. The van der Waals surface area contributed by atoms with Gasteiger partial charge in [-0.3, -0.25) is 5.10 Å². The summed E-state index contributed by atoms with van der Waals surface area (Å²) in [6.07, 6.45) is 0.482. The fraction of sp³-hybridized carbons (Fsp3) is 0.235. The van der Waals surface area contributed by atoms with E-state index in [4.69, 9.17) is 14.6 Å². The summed E-state index contributed by atoms with van der Waals surface area (Å²) in [5, 5.41) is 16.7. The van der Waals surface area contributed by atoms with Gasteiger partial charge in [0.2, 0.25) is 0 Å². The number of hydrogen-bond acceptors (Lipinski definition) is 4. The van der Waals surface area contributed by atoms with Gasteiger partial charge in [-0.15, -0.1) is 0 Å². The van der Waals surface area contributed by atoms with Crippen molar-refractivity contribution in [3.63, 3.8) is 0 Å². The zero-order valence-corrected chi connectivity index (χ0v) is 13.0. The van der Waals surface area contributed by atoms with E-state index in [0.717, 1.165) is 23.2 Å². The first kappa shape index (κ1) is 16.2. The molecule has 0 unspecified atom stereocenters. The summed E-state index contributed by atoms with van der Waals surface area (Å²) in [5.41, 5.74) is 1.43. The first-order chi connectivity index (χ1) is 11.6. The number of benzene rings is 2. The Hall–Kier alpha value is -2.67. The largest absolute Gasteiger partial charge is 0.493 e. The van der Waals surface area contributed by atoms with E-state index in [0.29, 0.717) is 30.0 Å². The Labute approximate surface area is 136 Å². The summed E-state index contributed by atoms with van der Waals surface area (Å²) in [6, 6.07) is 6.35. The molecule has 0 bridgehead atoms. The Kier molecular flexibility index (Phi) is 4.61. The van der Waals surface area contributed by atoms with Crippen molar-refractivity contribution in [2.24, 2.45) is 0 Å². The molecule has 7 heteroatoms. The Bertz CT molecular complexity index is 864. The molecule has 24 heavy (non-hydrogen) atoms. The van der Waals surface area contributed by atoms with Gasteiger partial charge in [-0.2, -0.15) is 5.10 Å². The zero-order chi connectivity index (χ0) is 17.1. The van der Waals surface area contributed by atoms with Gasteiger partial charge in [-0.05, 0) is 19.1 Å². The second-order valence-corrected chi connectivity index (χ2v) is 5.27. The molecule has 2 N–H and O–H groups in total. The highest BCUT2D eigenvalue weighted by Crippen LogP contribution is 2.35. The third-order valence-corrected chi connectivity index (χ3v) is 3.46. The van der Waals surface area contributed by atoms with E-state index >= 15 is 0 Å². The van der Waals surface area contributed by atoms with Crippen LogP contribution in [0.1, 0.15) is 12.1 Å². The van der Waals surface area contributed by atoms with Crippen LogP contribution in [-0.2, 0) is 0 Å². The number of nitrogens with one attached hydrogen (secondary N) is 1. The van der Waals surface area contributed by atoms with Crippen molar-refractivity contribution in [3.8, 4) is 17.2 Å². The van der Waals surface area contributed by atoms with E-state index in [-0.39, 0.29) is 12.4 Å². The molecule has 3 rings (SSSR count). The number of H-pyrrole nitrogens is 1. The molecule has 126 valence electrons. The van der Waals surface area contributed by atoms with Gasteiger partial charge in [0.15, 0.2) is 11.6 Å². The lowest BCUT2D eigenvalue weighted by Gasteiger charge is -2.11. The van der Waals surface area contributed by atoms with Crippen LogP contribution in [0, 0.1) is 18.6 Å². The molecule has 0 radical (unpaired) electrons. The van der Waals surface area contributed by atoms with Crippen LogP contribution < -0.4 is 9.47 Å².